The van der Waals surface area contributed by atoms with Gasteiger partial charge in [0.1, 0.15) is 0 Å². The maximum atomic E-state index is 12.5. The third-order valence-electron chi connectivity index (χ3n) is 4.25. The van der Waals surface area contributed by atoms with E-state index in [1.54, 1.807) is 24.3 Å². The van der Waals surface area contributed by atoms with Crippen molar-refractivity contribution < 1.29 is 14.7 Å². The van der Waals surface area contributed by atoms with Crippen molar-refractivity contribution in [2.45, 2.75) is 31.3 Å². The van der Waals surface area contributed by atoms with E-state index in [2.05, 4.69) is 10.6 Å². The molecule has 0 saturated heterocycles. The van der Waals surface area contributed by atoms with Crippen molar-refractivity contribution in [2.75, 3.05) is 6.61 Å². The summed E-state index contributed by atoms with van der Waals surface area (Å²) in [5, 5.41) is 15.1. The van der Waals surface area contributed by atoms with Gasteiger partial charge in [0.05, 0.1) is 6.04 Å². The molecule has 2 aromatic rings. The molecule has 3 rings (SSSR count). The normalized spacial score (nSPS) is 14.6. The van der Waals surface area contributed by atoms with Crippen LogP contribution in [-0.4, -0.2) is 29.6 Å². The Kier molecular flexibility index (Phi) is 5.46. The van der Waals surface area contributed by atoms with Crippen LogP contribution in [0.4, 0.5) is 0 Å². The van der Waals surface area contributed by atoms with Crippen molar-refractivity contribution in [3.8, 4) is 0 Å². The van der Waals surface area contributed by atoms with E-state index in [1.165, 1.54) is 0 Å². The van der Waals surface area contributed by atoms with Gasteiger partial charge in [0.15, 0.2) is 0 Å². The zero-order valence-electron chi connectivity index (χ0n) is 13.9. The number of carbonyl (C=O) groups excluding carboxylic acids is 2. The van der Waals surface area contributed by atoms with E-state index in [4.69, 9.17) is 0 Å². The Morgan fingerprint density at radius 3 is 2.12 bits per heavy atom. The molecule has 25 heavy (non-hydrogen) atoms. The molecule has 1 fully saturated rings. The minimum absolute atomic E-state index is 0.0138. The Hall–Kier alpha value is -2.66. The van der Waals surface area contributed by atoms with Crippen LogP contribution in [0.15, 0.2) is 54.6 Å². The van der Waals surface area contributed by atoms with Crippen molar-refractivity contribution in [1.82, 2.24) is 10.6 Å². The fourth-order valence-electron chi connectivity index (χ4n) is 2.65. The van der Waals surface area contributed by atoms with E-state index in [9.17, 15) is 14.7 Å². The summed E-state index contributed by atoms with van der Waals surface area (Å²) in [6, 6.07) is 16.2. The number of benzene rings is 2. The molecule has 1 aliphatic carbocycles. The molecule has 0 radical (unpaired) electrons. The second kappa shape index (κ2) is 7.94. The van der Waals surface area contributed by atoms with E-state index >= 15 is 0 Å². The van der Waals surface area contributed by atoms with Crippen LogP contribution in [0.5, 0.6) is 0 Å². The number of carbonyl (C=O) groups is 2. The first-order valence-electron chi connectivity index (χ1n) is 8.55. The minimum Gasteiger partial charge on any atom is -0.396 e. The van der Waals surface area contributed by atoms with Crippen LogP contribution in [-0.2, 0) is 0 Å². The fraction of sp³-hybridized carbons (Fsp3) is 0.300. The third-order valence-corrected chi connectivity index (χ3v) is 4.25. The number of rotatable bonds is 7. The monoisotopic (exact) mass is 338 g/mol. The summed E-state index contributed by atoms with van der Waals surface area (Å²) in [4.78, 5) is 24.5. The van der Waals surface area contributed by atoms with Gasteiger partial charge in [-0.1, -0.05) is 30.3 Å². The fourth-order valence-corrected chi connectivity index (χ4v) is 2.65. The highest BCUT2D eigenvalue weighted by molar-refractivity contribution is 5.98. The molecule has 1 atom stereocenters. The van der Waals surface area contributed by atoms with Crippen molar-refractivity contribution in [1.29, 1.82) is 0 Å². The third kappa shape index (κ3) is 4.67. The van der Waals surface area contributed by atoms with E-state index in [0.29, 0.717) is 23.6 Å². The van der Waals surface area contributed by atoms with E-state index in [1.807, 2.05) is 30.3 Å². The van der Waals surface area contributed by atoms with Gasteiger partial charge in [-0.2, -0.15) is 0 Å². The summed E-state index contributed by atoms with van der Waals surface area (Å²) < 4.78 is 0. The van der Waals surface area contributed by atoms with Crippen molar-refractivity contribution in [3.05, 3.63) is 71.3 Å². The summed E-state index contributed by atoms with van der Waals surface area (Å²) in [6.45, 7) is -0.0138. The van der Waals surface area contributed by atoms with Crippen LogP contribution >= 0.6 is 0 Å². The number of hydrogen-bond donors (Lipinski definition) is 3. The highest BCUT2D eigenvalue weighted by atomic mass is 16.3. The van der Waals surface area contributed by atoms with Gasteiger partial charge in [0.2, 0.25) is 0 Å². The van der Waals surface area contributed by atoms with Crippen LogP contribution < -0.4 is 10.6 Å². The molecule has 5 nitrogen and oxygen atoms in total. The SMILES string of the molecule is O=C(NC1CC1)c1ccc(C(=O)NC(CCO)c2ccccc2)cc1. The van der Waals surface area contributed by atoms with Crippen molar-refractivity contribution in [2.24, 2.45) is 0 Å². The van der Waals surface area contributed by atoms with Gasteiger partial charge in [-0.25, -0.2) is 0 Å². The van der Waals surface area contributed by atoms with Gasteiger partial charge in [0.25, 0.3) is 11.8 Å². The summed E-state index contributed by atoms with van der Waals surface area (Å²) in [5.41, 5.74) is 1.99. The second-order valence-electron chi connectivity index (χ2n) is 6.27. The summed E-state index contributed by atoms with van der Waals surface area (Å²) in [6.07, 6.45) is 2.52. The Balaban J connectivity index is 1.65. The van der Waals surface area contributed by atoms with E-state index < -0.39 is 0 Å². The Labute approximate surface area is 147 Å². The number of aliphatic hydroxyl groups excluding tert-OH is 1. The van der Waals surface area contributed by atoms with Gasteiger partial charge in [-0.15, -0.1) is 0 Å². The molecule has 3 N–H and O–H groups in total. The minimum atomic E-state index is -0.253. The molecule has 1 aliphatic rings. The van der Waals surface area contributed by atoms with Crippen LogP contribution in [0.25, 0.3) is 0 Å². The largest absolute Gasteiger partial charge is 0.396 e. The van der Waals surface area contributed by atoms with Gasteiger partial charge in [-0.3, -0.25) is 9.59 Å². The zero-order chi connectivity index (χ0) is 17.6. The molecule has 1 saturated carbocycles. The summed E-state index contributed by atoms with van der Waals surface area (Å²) in [5.74, 6) is -0.326. The molecular weight excluding hydrogens is 316 g/mol. The predicted octanol–water partition coefficient (Wildman–Crippen LogP) is 2.43. The van der Waals surface area contributed by atoms with Gasteiger partial charge >= 0.3 is 0 Å². The topological polar surface area (TPSA) is 78.4 Å². The lowest BCUT2D eigenvalue weighted by molar-refractivity contribution is 0.0924. The van der Waals surface area contributed by atoms with Crippen molar-refractivity contribution >= 4 is 11.8 Å². The van der Waals surface area contributed by atoms with Crippen LogP contribution in [0.2, 0.25) is 0 Å². The van der Waals surface area contributed by atoms with Crippen LogP contribution in [0.3, 0.4) is 0 Å². The first-order valence-corrected chi connectivity index (χ1v) is 8.55. The molecule has 0 aliphatic heterocycles. The van der Waals surface area contributed by atoms with Crippen LogP contribution in [0, 0.1) is 0 Å². The molecule has 130 valence electrons. The number of hydrogen-bond acceptors (Lipinski definition) is 3. The smallest absolute Gasteiger partial charge is 0.251 e. The maximum Gasteiger partial charge on any atom is 0.251 e. The number of amides is 2. The predicted molar refractivity (Wildman–Crippen MR) is 95.3 cm³/mol. The average Bonchev–Trinajstić information content (AvgIpc) is 3.46. The van der Waals surface area contributed by atoms with Gasteiger partial charge in [-0.05, 0) is 49.1 Å². The molecule has 0 bridgehead atoms. The lowest BCUT2D eigenvalue weighted by Gasteiger charge is -2.18. The molecule has 2 amide bonds. The molecule has 1 unspecified atom stereocenters. The number of nitrogens with one attached hydrogen (secondary N) is 2. The lowest BCUT2D eigenvalue weighted by atomic mass is 10.0. The van der Waals surface area contributed by atoms with Gasteiger partial charge in [0, 0.05) is 23.8 Å². The van der Waals surface area contributed by atoms with Crippen molar-refractivity contribution in [3.63, 3.8) is 0 Å². The average molecular weight is 338 g/mol. The zero-order valence-corrected chi connectivity index (χ0v) is 13.9. The molecule has 0 spiro atoms. The summed E-state index contributed by atoms with van der Waals surface area (Å²) >= 11 is 0. The quantitative estimate of drug-likeness (QED) is 0.725. The first-order chi connectivity index (χ1) is 12.2. The summed E-state index contributed by atoms with van der Waals surface area (Å²) in [7, 11) is 0. The highest BCUT2D eigenvalue weighted by Gasteiger charge is 2.24. The lowest BCUT2D eigenvalue weighted by Crippen LogP contribution is -2.29. The first kappa shape index (κ1) is 17.2. The highest BCUT2D eigenvalue weighted by Crippen LogP contribution is 2.20. The Morgan fingerprint density at radius 1 is 0.960 bits per heavy atom. The Morgan fingerprint density at radius 2 is 1.56 bits per heavy atom. The van der Waals surface area contributed by atoms with E-state index in [-0.39, 0.29) is 24.5 Å². The maximum absolute atomic E-state index is 12.5. The molecular formula is C20H22N2O3. The standard InChI is InChI=1S/C20H22N2O3/c23-13-12-18(14-4-2-1-3-5-14)22-20(25)16-8-6-15(7-9-16)19(24)21-17-10-11-17/h1-9,17-18,23H,10-13H2,(H,21,24)(H,22,25). The Bertz CT molecular complexity index is 724. The second-order valence-corrected chi connectivity index (χ2v) is 6.27. The number of aliphatic hydroxyl groups is 1. The van der Waals surface area contributed by atoms with E-state index in [0.717, 1.165) is 18.4 Å². The van der Waals surface area contributed by atoms with Crippen LogP contribution in [0.1, 0.15) is 51.6 Å². The van der Waals surface area contributed by atoms with Gasteiger partial charge < -0.3 is 15.7 Å². The molecule has 2 aromatic carbocycles. The molecule has 0 heterocycles. The molecule has 5 heteroatoms. The molecule has 0 aromatic heterocycles.